The monoisotopic (exact) mass is 302 g/mol. The highest BCUT2D eigenvalue weighted by molar-refractivity contribution is 5.99. The van der Waals surface area contributed by atoms with Crippen LogP contribution in [0.4, 0.5) is 4.79 Å². The molecule has 6 heteroatoms. The number of aryl methyl sites for hydroxylation is 1. The molecular weight excluding hydrogens is 284 g/mol. The molecule has 1 atom stereocenters. The number of amides is 3. The Morgan fingerprint density at radius 3 is 2.82 bits per heavy atom. The van der Waals surface area contributed by atoms with Crippen molar-refractivity contribution in [1.82, 2.24) is 10.2 Å². The third kappa shape index (κ3) is 3.94. The van der Waals surface area contributed by atoms with E-state index in [9.17, 15) is 14.4 Å². The number of esters is 1. The molecule has 0 bridgehead atoms. The molecule has 1 fully saturated rings. The first-order chi connectivity index (χ1) is 10.5. The van der Waals surface area contributed by atoms with Gasteiger partial charge in [-0.15, -0.1) is 0 Å². The van der Waals surface area contributed by atoms with E-state index in [2.05, 4.69) is 5.32 Å². The molecule has 116 valence electrons. The first-order valence-corrected chi connectivity index (χ1v) is 7.02. The zero-order valence-electron chi connectivity index (χ0n) is 12.5. The van der Waals surface area contributed by atoms with E-state index in [1.165, 1.54) is 13.0 Å². The molecule has 0 radical (unpaired) electrons. The third-order valence-electron chi connectivity index (χ3n) is 3.22. The van der Waals surface area contributed by atoms with Gasteiger partial charge in [-0.05, 0) is 25.5 Å². The highest BCUT2D eigenvalue weighted by Gasteiger charge is 2.31. The number of carbonyl (C=O) groups is 3. The van der Waals surface area contributed by atoms with E-state index in [0.717, 1.165) is 16.0 Å². The fraction of sp³-hybridized carbons (Fsp3) is 0.312. The maximum Gasteiger partial charge on any atom is 0.331 e. The molecule has 0 spiro atoms. The molecule has 2 rings (SSSR count). The van der Waals surface area contributed by atoms with Crippen LogP contribution in [0.25, 0.3) is 6.08 Å². The summed E-state index contributed by atoms with van der Waals surface area (Å²) in [6.45, 7) is 4.11. The second-order valence-electron chi connectivity index (χ2n) is 5.05. The Morgan fingerprint density at radius 1 is 1.41 bits per heavy atom. The van der Waals surface area contributed by atoms with Crippen molar-refractivity contribution in [2.24, 2.45) is 0 Å². The van der Waals surface area contributed by atoms with Gasteiger partial charge in [0.2, 0.25) is 0 Å². The number of ether oxygens (including phenoxy) is 1. The van der Waals surface area contributed by atoms with Gasteiger partial charge in [-0.25, -0.2) is 9.59 Å². The van der Waals surface area contributed by atoms with Gasteiger partial charge in [-0.2, -0.15) is 0 Å². The summed E-state index contributed by atoms with van der Waals surface area (Å²) in [5, 5.41) is 2.52. The molecule has 1 N–H and O–H groups in total. The van der Waals surface area contributed by atoms with Crippen molar-refractivity contribution in [1.29, 1.82) is 0 Å². The Kier molecular flexibility index (Phi) is 4.93. The average molecular weight is 302 g/mol. The lowest BCUT2D eigenvalue weighted by molar-refractivity contribution is -0.153. The van der Waals surface area contributed by atoms with E-state index in [1.54, 1.807) is 6.08 Å². The molecule has 1 saturated heterocycles. The summed E-state index contributed by atoms with van der Waals surface area (Å²) in [7, 11) is 0. The van der Waals surface area contributed by atoms with Crippen LogP contribution in [0.3, 0.4) is 0 Å². The first-order valence-electron chi connectivity index (χ1n) is 7.02. The minimum absolute atomic E-state index is 0.290. The van der Waals surface area contributed by atoms with Crippen molar-refractivity contribution in [3.8, 4) is 0 Å². The van der Waals surface area contributed by atoms with Crippen LogP contribution in [-0.4, -0.2) is 42.0 Å². The zero-order valence-corrected chi connectivity index (χ0v) is 12.5. The van der Waals surface area contributed by atoms with Gasteiger partial charge in [0.15, 0.2) is 6.10 Å². The minimum Gasteiger partial charge on any atom is -0.449 e. The zero-order chi connectivity index (χ0) is 16.1. The number of hydrogen-bond donors (Lipinski definition) is 1. The highest BCUT2D eigenvalue weighted by atomic mass is 16.5. The van der Waals surface area contributed by atoms with Crippen molar-refractivity contribution in [2.45, 2.75) is 20.0 Å². The third-order valence-corrected chi connectivity index (χ3v) is 3.22. The first kappa shape index (κ1) is 15.8. The molecule has 3 amide bonds. The lowest BCUT2D eigenvalue weighted by Gasteiger charge is -2.17. The summed E-state index contributed by atoms with van der Waals surface area (Å²) in [5.41, 5.74) is 1.95. The average Bonchev–Trinajstić information content (AvgIpc) is 2.90. The summed E-state index contributed by atoms with van der Waals surface area (Å²) in [6, 6.07) is 7.17. The van der Waals surface area contributed by atoms with Crippen LogP contribution >= 0.6 is 0 Å². The predicted octanol–water partition coefficient (Wildman–Crippen LogP) is 1.49. The number of hydrogen-bond acceptors (Lipinski definition) is 4. The van der Waals surface area contributed by atoms with Gasteiger partial charge in [0, 0.05) is 19.2 Å². The van der Waals surface area contributed by atoms with E-state index >= 15 is 0 Å². The van der Waals surface area contributed by atoms with Crippen molar-refractivity contribution in [3.63, 3.8) is 0 Å². The van der Waals surface area contributed by atoms with Crippen molar-refractivity contribution < 1.29 is 19.1 Å². The fourth-order valence-electron chi connectivity index (χ4n) is 2.10. The Hall–Kier alpha value is -2.63. The molecule has 1 heterocycles. The molecule has 6 nitrogen and oxygen atoms in total. The SMILES string of the molecule is Cc1cccc(/C=C/C(=O)O[C@@H](C)C(=O)N2CCNC2=O)c1. The molecule has 0 aliphatic carbocycles. The van der Waals surface area contributed by atoms with Gasteiger partial charge < -0.3 is 10.1 Å². The standard InChI is InChI=1S/C16H18N2O4/c1-11-4-3-5-13(10-11)6-7-14(19)22-12(2)15(20)18-9-8-17-16(18)21/h3-7,10,12H,8-9H2,1-2H3,(H,17,21)/b7-6+/t12-/m0/s1. The topological polar surface area (TPSA) is 75.7 Å². The molecule has 1 aromatic carbocycles. The van der Waals surface area contributed by atoms with Gasteiger partial charge in [-0.1, -0.05) is 29.8 Å². The number of nitrogens with zero attached hydrogens (tertiary/aromatic N) is 1. The Balaban J connectivity index is 1.91. The number of rotatable bonds is 4. The largest absolute Gasteiger partial charge is 0.449 e. The smallest absolute Gasteiger partial charge is 0.331 e. The molecule has 0 aromatic heterocycles. The highest BCUT2D eigenvalue weighted by Crippen LogP contribution is 2.07. The summed E-state index contributed by atoms with van der Waals surface area (Å²) in [5.74, 6) is -1.14. The van der Waals surface area contributed by atoms with Gasteiger partial charge in [0.25, 0.3) is 5.91 Å². The number of benzene rings is 1. The number of imide groups is 1. The Labute approximate surface area is 128 Å². The molecule has 22 heavy (non-hydrogen) atoms. The quantitative estimate of drug-likeness (QED) is 0.675. The summed E-state index contributed by atoms with van der Waals surface area (Å²) < 4.78 is 5.03. The van der Waals surface area contributed by atoms with Crippen molar-refractivity contribution >= 4 is 24.0 Å². The van der Waals surface area contributed by atoms with Crippen LogP contribution in [0.15, 0.2) is 30.3 Å². The van der Waals surface area contributed by atoms with Crippen LogP contribution in [0, 0.1) is 6.92 Å². The molecule has 1 aliphatic rings. The fourth-order valence-corrected chi connectivity index (χ4v) is 2.10. The Bertz CT molecular complexity index is 624. The Morgan fingerprint density at radius 2 is 2.18 bits per heavy atom. The number of urea groups is 1. The van der Waals surface area contributed by atoms with Gasteiger partial charge >= 0.3 is 12.0 Å². The molecule has 0 unspecified atom stereocenters. The van der Waals surface area contributed by atoms with Gasteiger partial charge in [0.05, 0.1) is 0 Å². The van der Waals surface area contributed by atoms with E-state index in [-0.39, 0.29) is 0 Å². The summed E-state index contributed by atoms with van der Waals surface area (Å²) in [6.07, 6.45) is 1.89. The maximum atomic E-state index is 12.0. The summed E-state index contributed by atoms with van der Waals surface area (Å²) >= 11 is 0. The van der Waals surface area contributed by atoms with Crippen molar-refractivity contribution in [3.05, 3.63) is 41.5 Å². The normalized spacial score (nSPS) is 15.7. The lowest BCUT2D eigenvalue weighted by Crippen LogP contribution is -2.41. The van der Waals surface area contributed by atoms with Crippen LogP contribution in [0.1, 0.15) is 18.1 Å². The molecule has 1 aromatic rings. The second-order valence-corrected chi connectivity index (χ2v) is 5.05. The molecular formula is C16H18N2O4. The number of carbonyl (C=O) groups excluding carboxylic acids is 3. The van der Waals surface area contributed by atoms with Gasteiger partial charge in [-0.3, -0.25) is 9.69 Å². The van der Waals surface area contributed by atoms with Gasteiger partial charge in [0.1, 0.15) is 0 Å². The number of nitrogens with one attached hydrogen (secondary N) is 1. The van der Waals surface area contributed by atoms with Crippen LogP contribution < -0.4 is 5.32 Å². The van der Waals surface area contributed by atoms with E-state index < -0.39 is 24.0 Å². The maximum absolute atomic E-state index is 12.0. The van der Waals surface area contributed by atoms with Crippen LogP contribution in [0.2, 0.25) is 0 Å². The van der Waals surface area contributed by atoms with Crippen molar-refractivity contribution in [2.75, 3.05) is 13.1 Å². The van der Waals surface area contributed by atoms with E-state index in [1.807, 2.05) is 31.2 Å². The molecule has 0 saturated carbocycles. The minimum atomic E-state index is -1.00. The van der Waals surface area contributed by atoms with Crippen LogP contribution in [-0.2, 0) is 14.3 Å². The van der Waals surface area contributed by atoms with E-state index in [4.69, 9.17) is 4.74 Å². The lowest BCUT2D eigenvalue weighted by atomic mass is 10.1. The molecule has 1 aliphatic heterocycles. The van der Waals surface area contributed by atoms with E-state index in [0.29, 0.717) is 13.1 Å². The summed E-state index contributed by atoms with van der Waals surface area (Å²) in [4.78, 5) is 36.1. The van der Waals surface area contributed by atoms with Crippen LogP contribution in [0.5, 0.6) is 0 Å². The second kappa shape index (κ2) is 6.89. The predicted molar refractivity (Wildman–Crippen MR) is 80.9 cm³/mol.